The van der Waals surface area contributed by atoms with Gasteiger partial charge in [0.1, 0.15) is 5.69 Å². The van der Waals surface area contributed by atoms with Gasteiger partial charge in [-0.15, -0.1) is 5.10 Å². The van der Waals surface area contributed by atoms with Crippen LogP contribution in [0.15, 0.2) is 48.5 Å². The minimum atomic E-state index is 0.101. The first-order valence-electron chi connectivity index (χ1n) is 9.69. The van der Waals surface area contributed by atoms with Crippen LogP contribution in [-0.4, -0.2) is 34.5 Å². The number of benzene rings is 2. The van der Waals surface area contributed by atoms with Gasteiger partial charge in [0.25, 0.3) is 0 Å². The number of anilines is 1. The Bertz CT molecular complexity index is 1010. The van der Waals surface area contributed by atoms with E-state index < -0.39 is 0 Å². The minimum absolute atomic E-state index is 0.101. The molecule has 2 aromatic carbocycles. The van der Waals surface area contributed by atoms with Gasteiger partial charge in [0.05, 0.1) is 17.9 Å². The van der Waals surface area contributed by atoms with E-state index in [4.69, 9.17) is 0 Å². The van der Waals surface area contributed by atoms with Gasteiger partial charge in [-0.2, -0.15) is 0 Å². The highest BCUT2D eigenvalue weighted by atomic mass is 16.2. The van der Waals surface area contributed by atoms with Gasteiger partial charge >= 0.3 is 0 Å². The van der Waals surface area contributed by atoms with Gasteiger partial charge < -0.3 is 10.2 Å². The topological polar surface area (TPSA) is 63.1 Å². The summed E-state index contributed by atoms with van der Waals surface area (Å²) in [6.07, 6.45) is 0.446. The van der Waals surface area contributed by atoms with Crippen molar-refractivity contribution >= 4 is 11.6 Å². The zero-order valence-electron chi connectivity index (χ0n) is 16.5. The van der Waals surface area contributed by atoms with Crippen LogP contribution in [0.4, 0.5) is 5.69 Å². The molecule has 1 amide bonds. The molecule has 0 fully saturated rings. The largest absolute Gasteiger partial charge is 0.319 e. The highest BCUT2D eigenvalue weighted by molar-refractivity contribution is 6.00. The van der Waals surface area contributed by atoms with Gasteiger partial charge in [-0.1, -0.05) is 47.7 Å². The molecule has 144 valence electrons. The lowest BCUT2D eigenvalue weighted by molar-refractivity contribution is -0.118. The number of hydrogen-bond donors (Lipinski definition) is 1. The number of rotatable bonds is 4. The first-order valence-corrected chi connectivity index (χ1v) is 9.69. The van der Waals surface area contributed by atoms with Crippen molar-refractivity contribution in [2.24, 2.45) is 0 Å². The van der Waals surface area contributed by atoms with Crippen molar-refractivity contribution in [2.75, 3.05) is 18.5 Å². The maximum atomic E-state index is 13.1. The number of amides is 1. The van der Waals surface area contributed by atoms with E-state index >= 15 is 0 Å². The number of carbonyl (C=O) groups is 1. The van der Waals surface area contributed by atoms with E-state index in [1.54, 1.807) is 0 Å². The molecular weight excluding hydrogens is 350 g/mol. The number of nitrogens with one attached hydrogen (secondary N) is 1. The van der Waals surface area contributed by atoms with Crippen LogP contribution in [0.1, 0.15) is 31.9 Å². The number of nitrogens with zero attached hydrogens (tertiary/aromatic N) is 4. The van der Waals surface area contributed by atoms with Crippen LogP contribution >= 0.6 is 0 Å². The summed E-state index contributed by atoms with van der Waals surface area (Å²) in [7, 11) is 1.86. The van der Waals surface area contributed by atoms with E-state index in [9.17, 15) is 4.79 Å². The average Bonchev–Trinajstić information content (AvgIpc) is 3.14. The zero-order valence-corrected chi connectivity index (χ0v) is 16.5. The average molecular weight is 375 g/mol. The number of carbonyl (C=O) groups excluding carboxylic acids is 1. The fraction of sp³-hybridized carbons (Fsp3) is 0.318. The third-order valence-corrected chi connectivity index (χ3v) is 5.12. The summed E-state index contributed by atoms with van der Waals surface area (Å²) >= 11 is 0. The molecule has 6 nitrogen and oxygen atoms in total. The molecule has 6 heteroatoms. The van der Waals surface area contributed by atoms with E-state index in [1.807, 2.05) is 47.0 Å². The molecule has 0 saturated carbocycles. The van der Waals surface area contributed by atoms with Gasteiger partial charge in [0.15, 0.2) is 0 Å². The number of para-hydroxylation sites is 1. The molecule has 3 aromatic rings. The Morgan fingerprint density at radius 1 is 1.11 bits per heavy atom. The molecule has 1 aliphatic rings. The van der Waals surface area contributed by atoms with E-state index in [-0.39, 0.29) is 11.9 Å². The Labute approximate surface area is 165 Å². The molecule has 0 bridgehead atoms. The second kappa shape index (κ2) is 7.56. The Morgan fingerprint density at radius 3 is 2.57 bits per heavy atom. The van der Waals surface area contributed by atoms with Crippen molar-refractivity contribution in [1.82, 2.24) is 20.3 Å². The van der Waals surface area contributed by atoms with Crippen LogP contribution in [0.5, 0.6) is 0 Å². The van der Waals surface area contributed by atoms with E-state index in [0.717, 1.165) is 33.8 Å². The first kappa shape index (κ1) is 18.4. The number of aromatic nitrogens is 3. The molecule has 0 atom stereocenters. The zero-order chi connectivity index (χ0) is 19.7. The predicted molar refractivity (Wildman–Crippen MR) is 111 cm³/mol. The second-order valence-electron chi connectivity index (χ2n) is 7.33. The molecule has 4 rings (SSSR count). The van der Waals surface area contributed by atoms with Crippen molar-refractivity contribution < 1.29 is 4.79 Å². The van der Waals surface area contributed by atoms with E-state index in [1.165, 1.54) is 0 Å². The number of hydrogen-bond acceptors (Lipinski definition) is 4. The van der Waals surface area contributed by atoms with Crippen molar-refractivity contribution in [3.63, 3.8) is 0 Å². The Hall–Kier alpha value is -2.99. The third kappa shape index (κ3) is 3.10. The summed E-state index contributed by atoms with van der Waals surface area (Å²) < 4.78 is 1.95. The molecular formula is C22H25N5O. The fourth-order valence-electron chi connectivity index (χ4n) is 3.73. The Kier molecular flexibility index (Phi) is 4.96. The van der Waals surface area contributed by atoms with Gasteiger partial charge in [0, 0.05) is 30.1 Å². The molecule has 28 heavy (non-hydrogen) atoms. The first-order chi connectivity index (χ1) is 13.6. The maximum Gasteiger partial charge on any atom is 0.228 e. The summed E-state index contributed by atoms with van der Waals surface area (Å²) in [4.78, 5) is 15.0. The van der Waals surface area contributed by atoms with E-state index in [2.05, 4.69) is 47.7 Å². The predicted octanol–water partition coefficient (Wildman–Crippen LogP) is 3.65. The molecule has 1 aliphatic heterocycles. The van der Waals surface area contributed by atoms with Gasteiger partial charge in [0.2, 0.25) is 5.91 Å². The SMILES string of the molecule is CNCCC(=O)N1Cc2ccccc2-c2nnn(C(C)C)c2-c2ccccc21. The minimum Gasteiger partial charge on any atom is -0.319 e. The highest BCUT2D eigenvalue weighted by Crippen LogP contribution is 2.41. The molecule has 0 unspecified atom stereocenters. The summed E-state index contributed by atoms with van der Waals surface area (Å²) in [6, 6.07) is 16.4. The molecule has 1 N–H and O–H groups in total. The summed E-state index contributed by atoms with van der Waals surface area (Å²) in [6.45, 7) is 5.36. The molecule has 0 saturated heterocycles. The molecule has 0 spiro atoms. The lowest BCUT2D eigenvalue weighted by atomic mass is 9.95. The smallest absolute Gasteiger partial charge is 0.228 e. The normalized spacial score (nSPS) is 12.8. The molecule has 1 aromatic heterocycles. The van der Waals surface area contributed by atoms with Crippen molar-refractivity contribution in [2.45, 2.75) is 32.9 Å². The summed E-state index contributed by atoms with van der Waals surface area (Å²) in [5, 5.41) is 12.1. The maximum absolute atomic E-state index is 13.1. The monoisotopic (exact) mass is 375 g/mol. The molecule has 0 radical (unpaired) electrons. The Morgan fingerprint density at radius 2 is 1.82 bits per heavy atom. The standard InChI is InChI=1S/C22H25N5O/c1-15(2)27-22-18-10-6-7-11-19(18)26(20(28)12-13-23-3)14-16-8-4-5-9-17(16)21(22)24-25-27/h4-11,15,23H,12-14H2,1-3H3. The highest BCUT2D eigenvalue weighted by Gasteiger charge is 2.29. The lowest BCUT2D eigenvalue weighted by Gasteiger charge is -2.29. The molecule has 2 heterocycles. The van der Waals surface area contributed by atoms with Gasteiger partial charge in [-0.3, -0.25) is 4.79 Å². The van der Waals surface area contributed by atoms with Gasteiger partial charge in [-0.25, -0.2) is 4.68 Å². The third-order valence-electron chi connectivity index (χ3n) is 5.12. The Balaban J connectivity index is 1.98. The van der Waals surface area contributed by atoms with Crippen LogP contribution in [0.3, 0.4) is 0 Å². The van der Waals surface area contributed by atoms with Gasteiger partial charge in [-0.05, 0) is 32.5 Å². The van der Waals surface area contributed by atoms with Crippen LogP contribution in [-0.2, 0) is 11.3 Å². The number of fused-ring (bicyclic) bond motifs is 5. The van der Waals surface area contributed by atoms with Crippen molar-refractivity contribution in [1.29, 1.82) is 0 Å². The second-order valence-corrected chi connectivity index (χ2v) is 7.33. The van der Waals surface area contributed by atoms with Crippen LogP contribution in [0.2, 0.25) is 0 Å². The summed E-state index contributed by atoms with van der Waals surface area (Å²) in [5.41, 5.74) is 5.84. The van der Waals surface area contributed by atoms with E-state index in [0.29, 0.717) is 19.5 Å². The van der Waals surface area contributed by atoms with Crippen LogP contribution in [0.25, 0.3) is 22.5 Å². The van der Waals surface area contributed by atoms with Crippen molar-refractivity contribution in [3.8, 4) is 22.5 Å². The van der Waals surface area contributed by atoms with Crippen LogP contribution < -0.4 is 10.2 Å². The fourth-order valence-corrected chi connectivity index (χ4v) is 3.73. The quantitative estimate of drug-likeness (QED) is 0.756. The molecule has 0 aliphatic carbocycles. The lowest BCUT2D eigenvalue weighted by Crippen LogP contribution is -2.33. The van der Waals surface area contributed by atoms with Crippen LogP contribution in [0, 0.1) is 0 Å². The summed E-state index contributed by atoms with van der Waals surface area (Å²) in [5.74, 6) is 0.101. The van der Waals surface area contributed by atoms with Crippen molar-refractivity contribution in [3.05, 3.63) is 54.1 Å².